The van der Waals surface area contributed by atoms with Gasteiger partial charge < -0.3 is 9.84 Å². The molecular weight excluding hydrogens is 274 g/mol. The number of pyridine rings is 1. The molecule has 0 aliphatic carbocycles. The summed E-state index contributed by atoms with van der Waals surface area (Å²) in [6, 6.07) is 3.26. The van der Waals surface area contributed by atoms with Crippen LogP contribution in [-0.4, -0.2) is 16.0 Å². The number of anilines is 1. The van der Waals surface area contributed by atoms with E-state index in [1.165, 1.54) is 0 Å². The number of hydrogen-bond donors (Lipinski definition) is 1. The highest BCUT2D eigenvalue weighted by Crippen LogP contribution is 2.20. The zero-order chi connectivity index (χ0) is 11.5. The van der Waals surface area contributed by atoms with Gasteiger partial charge in [-0.15, -0.1) is 0 Å². The third kappa shape index (κ3) is 2.27. The molecule has 0 spiro atoms. The van der Waals surface area contributed by atoms with Crippen molar-refractivity contribution in [3.8, 4) is 0 Å². The number of carbonyl (C=O) groups is 1. The number of hydrogen-bond acceptors (Lipinski definition) is 4. The summed E-state index contributed by atoms with van der Waals surface area (Å²) in [5.41, 5.74) is 1.30. The lowest BCUT2D eigenvalue weighted by Gasteiger charge is -2.03. The number of aromatic nitrogens is 2. The van der Waals surface area contributed by atoms with Crippen molar-refractivity contribution in [1.29, 1.82) is 0 Å². The zero-order valence-electron chi connectivity index (χ0n) is 8.40. The van der Waals surface area contributed by atoms with Crippen LogP contribution in [0.1, 0.15) is 16.2 Å². The second-order valence-corrected chi connectivity index (χ2v) is 4.00. The number of aryl methyl sites for hydroxylation is 1. The molecule has 82 valence electrons. The maximum atomic E-state index is 11.7. The quantitative estimate of drug-likeness (QED) is 0.918. The molecule has 5 nitrogen and oxygen atoms in total. The predicted molar refractivity (Wildman–Crippen MR) is 61.1 cm³/mol. The number of amides is 1. The summed E-state index contributed by atoms with van der Waals surface area (Å²) in [5, 5.41) is 6.32. The van der Waals surface area contributed by atoms with Gasteiger partial charge in [0.05, 0.1) is 15.9 Å². The van der Waals surface area contributed by atoms with Crippen LogP contribution in [0.3, 0.4) is 0 Å². The van der Waals surface area contributed by atoms with Gasteiger partial charge in [0.2, 0.25) is 5.76 Å². The Hall–Kier alpha value is -1.69. The van der Waals surface area contributed by atoms with Gasteiger partial charge in [0, 0.05) is 18.5 Å². The highest BCUT2D eigenvalue weighted by molar-refractivity contribution is 9.10. The number of nitrogens with zero attached hydrogens (tertiary/aromatic N) is 2. The summed E-state index contributed by atoms with van der Waals surface area (Å²) in [7, 11) is 0. The Bertz CT molecular complexity index is 524. The van der Waals surface area contributed by atoms with Gasteiger partial charge in [0.1, 0.15) is 0 Å². The van der Waals surface area contributed by atoms with Gasteiger partial charge in [-0.1, -0.05) is 5.16 Å². The average Bonchev–Trinajstić information content (AvgIpc) is 2.68. The van der Waals surface area contributed by atoms with Gasteiger partial charge in [-0.3, -0.25) is 9.78 Å². The number of rotatable bonds is 2. The van der Waals surface area contributed by atoms with Crippen LogP contribution < -0.4 is 5.32 Å². The Morgan fingerprint density at radius 1 is 1.56 bits per heavy atom. The van der Waals surface area contributed by atoms with Gasteiger partial charge in [-0.05, 0) is 28.9 Å². The van der Waals surface area contributed by atoms with Crippen LogP contribution in [0.2, 0.25) is 0 Å². The van der Waals surface area contributed by atoms with E-state index in [0.29, 0.717) is 15.9 Å². The maximum absolute atomic E-state index is 11.7. The molecule has 0 fully saturated rings. The van der Waals surface area contributed by atoms with E-state index in [0.717, 1.165) is 0 Å². The van der Waals surface area contributed by atoms with Crippen molar-refractivity contribution in [2.24, 2.45) is 0 Å². The van der Waals surface area contributed by atoms with Gasteiger partial charge in [-0.25, -0.2) is 0 Å². The van der Waals surface area contributed by atoms with Crippen molar-refractivity contribution < 1.29 is 9.32 Å². The van der Waals surface area contributed by atoms with Crippen molar-refractivity contribution in [3.63, 3.8) is 0 Å². The standard InChI is InChI=1S/C10H8BrN3O2/c1-6-4-9(16-14-6)10(15)13-8-2-3-12-5-7(8)11/h2-5H,1H3,(H,12,13,15). The van der Waals surface area contributed by atoms with Crippen molar-refractivity contribution in [2.75, 3.05) is 5.32 Å². The summed E-state index contributed by atoms with van der Waals surface area (Å²) in [4.78, 5) is 15.6. The maximum Gasteiger partial charge on any atom is 0.294 e. The van der Waals surface area contributed by atoms with Gasteiger partial charge in [-0.2, -0.15) is 0 Å². The van der Waals surface area contributed by atoms with Gasteiger partial charge in [0.25, 0.3) is 5.91 Å². The number of halogens is 1. The first-order valence-electron chi connectivity index (χ1n) is 4.51. The first-order chi connectivity index (χ1) is 7.66. The minimum atomic E-state index is -0.340. The summed E-state index contributed by atoms with van der Waals surface area (Å²) in [6.07, 6.45) is 3.19. The molecule has 0 aliphatic heterocycles. The fourth-order valence-electron chi connectivity index (χ4n) is 1.13. The van der Waals surface area contributed by atoms with Crippen LogP contribution in [0.4, 0.5) is 5.69 Å². The lowest BCUT2D eigenvalue weighted by atomic mass is 10.3. The van der Waals surface area contributed by atoms with Crippen LogP contribution in [0.25, 0.3) is 0 Å². The van der Waals surface area contributed by atoms with E-state index >= 15 is 0 Å². The highest BCUT2D eigenvalue weighted by Gasteiger charge is 2.12. The van der Waals surface area contributed by atoms with E-state index < -0.39 is 0 Å². The largest absolute Gasteiger partial charge is 0.351 e. The fraction of sp³-hybridized carbons (Fsp3) is 0.100. The SMILES string of the molecule is Cc1cc(C(=O)Nc2ccncc2Br)on1. The van der Waals surface area contributed by atoms with Crippen LogP contribution in [0, 0.1) is 6.92 Å². The Morgan fingerprint density at radius 2 is 2.38 bits per heavy atom. The molecule has 0 saturated carbocycles. The third-order valence-electron chi connectivity index (χ3n) is 1.87. The molecule has 2 heterocycles. The molecule has 2 rings (SSSR count). The smallest absolute Gasteiger partial charge is 0.294 e. The van der Waals surface area contributed by atoms with Crippen LogP contribution in [0.15, 0.2) is 33.5 Å². The van der Waals surface area contributed by atoms with E-state index in [9.17, 15) is 4.79 Å². The number of carbonyl (C=O) groups excluding carboxylic acids is 1. The average molecular weight is 282 g/mol. The van der Waals surface area contributed by atoms with Crippen molar-refractivity contribution in [2.45, 2.75) is 6.92 Å². The zero-order valence-corrected chi connectivity index (χ0v) is 9.98. The Labute approximate surface area is 100.0 Å². The lowest BCUT2D eigenvalue weighted by Crippen LogP contribution is -2.11. The van der Waals surface area contributed by atoms with E-state index in [-0.39, 0.29) is 11.7 Å². The van der Waals surface area contributed by atoms with Crippen molar-refractivity contribution in [1.82, 2.24) is 10.1 Å². The second kappa shape index (κ2) is 4.44. The molecule has 16 heavy (non-hydrogen) atoms. The summed E-state index contributed by atoms with van der Waals surface area (Å²) in [5.74, 6) is -0.159. The molecule has 0 bridgehead atoms. The summed E-state index contributed by atoms with van der Waals surface area (Å²) in [6.45, 7) is 1.75. The molecule has 0 atom stereocenters. The van der Waals surface area contributed by atoms with Gasteiger partial charge >= 0.3 is 0 Å². The van der Waals surface area contributed by atoms with Crippen LogP contribution in [0.5, 0.6) is 0 Å². The Morgan fingerprint density at radius 3 is 3.00 bits per heavy atom. The molecule has 1 N–H and O–H groups in total. The molecule has 0 aromatic carbocycles. The van der Waals surface area contributed by atoms with Crippen molar-refractivity contribution in [3.05, 3.63) is 40.5 Å². The monoisotopic (exact) mass is 281 g/mol. The first-order valence-corrected chi connectivity index (χ1v) is 5.30. The minimum Gasteiger partial charge on any atom is -0.351 e. The van der Waals surface area contributed by atoms with Gasteiger partial charge in [0.15, 0.2) is 0 Å². The fourth-order valence-corrected chi connectivity index (χ4v) is 1.48. The molecule has 0 aliphatic rings. The third-order valence-corrected chi connectivity index (χ3v) is 2.50. The van der Waals surface area contributed by atoms with E-state index in [1.54, 1.807) is 31.5 Å². The molecular formula is C10H8BrN3O2. The van der Waals surface area contributed by atoms with E-state index in [2.05, 4.69) is 31.4 Å². The number of nitrogens with one attached hydrogen (secondary N) is 1. The normalized spacial score (nSPS) is 10.1. The summed E-state index contributed by atoms with van der Waals surface area (Å²) >= 11 is 3.28. The first kappa shape index (κ1) is 10.8. The van der Waals surface area contributed by atoms with Crippen LogP contribution in [-0.2, 0) is 0 Å². The summed E-state index contributed by atoms with van der Waals surface area (Å²) < 4.78 is 5.55. The van der Waals surface area contributed by atoms with Crippen molar-refractivity contribution >= 4 is 27.5 Å². The lowest BCUT2D eigenvalue weighted by molar-refractivity contribution is 0.0988. The molecule has 0 radical (unpaired) electrons. The Balaban J connectivity index is 2.17. The molecule has 0 unspecified atom stereocenters. The molecule has 6 heteroatoms. The second-order valence-electron chi connectivity index (χ2n) is 3.14. The van der Waals surface area contributed by atoms with E-state index in [1.807, 2.05) is 0 Å². The molecule has 1 amide bonds. The molecule has 2 aromatic heterocycles. The minimum absolute atomic E-state index is 0.182. The highest BCUT2D eigenvalue weighted by atomic mass is 79.9. The molecule has 2 aromatic rings. The van der Waals surface area contributed by atoms with E-state index in [4.69, 9.17) is 4.52 Å². The predicted octanol–water partition coefficient (Wildman–Crippen LogP) is 2.39. The molecule has 0 saturated heterocycles. The van der Waals surface area contributed by atoms with Crippen LogP contribution >= 0.6 is 15.9 Å². The topological polar surface area (TPSA) is 68.0 Å². The Kier molecular flexibility index (Phi) is 3.00.